The predicted octanol–water partition coefficient (Wildman–Crippen LogP) is 3.42. The van der Waals surface area contributed by atoms with Crippen LogP contribution in [-0.2, 0) is 6.42 Å². The molecule has 0 radical (unpaired) electrons. The molecular formula is C13H14O. The normalized spacial score (nSPS) is 10.7. The summed E-state index contributed by atoms with van der Waals surface area (Å²) in [5, 5.41) is 12.0. The van der Waals surface area contributed by atoms with Gasteiger partial charge in [-0.2, -0.15) is 0 Å². The van der Waals surface area contributed by atoms with Gasteiger partial charge in [-0.05, 0) is 29.9 Å². The molecule has 0 saturated heterocycles. The summed E-state index contributed by atoms with van der Waals surface area (Å²) in [4.78, 5) is 0. The van der Waals surface area contributed by atoms with Crippen molar-refractivity contribution in [3.05, 3.63) is 41.5 Å². The zero-order valence-corrected chi connectivity index (χ0v) is 8.54. The zero-order valence-electron chi connectivity index (χ0n) is 8.54. The molecule has 14 heavy (non-hydrogen) atoms. The van der Waals surface area contributed by atoms with Crippen LogP contribution in [0.3, 0.4) is 0 Å². The third kappa shape index (κ3) is 1.25. The Morgan fingerprint density at radius 1 is 1.21 bits per heavy atom. The van der Waals surface area contributed by atoms with E-state index >= 15 is 0 Å². The standard InChI is InChI=1S/C13H14O/c1-3-10-8-11-6-4-5-7-12(11)13(14)9(10)2/h4-8,14H,3H2,1-2H3. The lowest BCUT2D eigenvalue weighted by Gasteiger charge is -2.09. The van der Waals surface area contributed by atoms with Gasteiger partial charge in [-0.25, -0.2) is 0 Å². The molecule has 0 aromatic heterocycles. The van der Waals surface area contributed by atoms with Crippen LogP contribution in [-0.4, -0.2) is 5.11 Å². The van der Waals surface area contributed by atoms with E-state index in [1.54, 1.807) is 0 Å². The maximum atomic E-state index is 9.97. The third-order valence-corrected chi connectivity index (χ3v) is 2.76. The van der Waals surface area contributed by atoms with Gasteiger partial charge in [0.1, 0.15) is 5.75 Å². The van der Waals surface area contributed by atoms with Crippen LogP contribution in [0.15, 0.2) is 30.3 Å². The second-order valence-electron chi connectivity index (χ2n) is 3.58. The van der Waals surface area contributed by atoms with Crippen molar-refractivity contribution >= 4 is 10.8 Å². The van der Waals surface area contributed by atoms with Crippen LogP contribution in [0.2, 0.25) is 0 Å². The van der Waals surface area contributed by atoms with E-state index in [4.69, 9.17) is 0 Å². The molecule has 2 aromatic carbocycles. The molecule has 1 N–H and O–H groups in total. The molecule has 0 heterocycles. The summed E-state index contributed by atoms with van der Waals surface area (Å²) in [6.45, 7) is 4.08. The second-order valence-corrected chi connectivity index (χ2v) is 3.58. The third-order valence-electron chi connectivity index (χ3n) is 2.76. The molecule has 2 rings (SSSR count). The van der Waals surface area contributed by atoms with Crippen LogP contribution in [0.5, 0.6) is 5.75 Å². The number of hydrogen-bond donors (Lipinski definition) is 1. The van der Waals surface area contributed by atoms with Crippen LogP contribution in [0, 0.1) is 6.92 Å². The van der Waals surface area contributed by atoms with E-state index in [1.807, 2.05) is 31.2 Å². The van der Waals surface area contributed by atoms with E-state index in [1.165, 1.54) is 5.56 Å². The highest BCUT2D eigenvalue weighted by atomic mass is 16.3. The summed E-state index contributed by atoms with van der Waals surface area (Å²) in [5.41, 5.74) is 2.23. The fraction of sp³-hybridized carbons (Fsp3) is 0.231. The highest BCUT2D eigenvalue weighted by molar-refractivity contribution is 5.90. The van der Waals surface area contributed by atoms with E-state index in [9.17, 15) is 5.11 Å². The SMILES string of the molecule is CCc1cc2ccccc2c(O)c1C. The van der Waals surface area contributed by atoms with Crippen molar-refractivity contribution in [2.75, 3.05) is 0 Å². The molecule has 0 amide bonds. The first-order valence-corrected chi connectivity index (χ1v) is 4.94. The van der Waals surface area contributed by atoms with Gasteiger partial charge in [-0.1, -0.05) is 37.3 Å². The first kappa shape index (κ1) is 9.07. The lowest BCUT2D eigenvalue weighted by atomic mass is 9.99. The summed E-state index contributed by atoms with van der Waals surface area (Å²) < 4.78 is 0. The average molecular weight is 186 g/mol. The molecule has 0 aliphatic heterocycles. The van der Waals surface area contributed by atoms with Crippen LogP contribution < -0.4 is 0 Å². The first-order chi connectivity index (χ1) is 6.74. The van der Waals surface area contributed by atoms with Gasteiger partial charge < -0.3 is 5.11 Å². The number of benzene rings is 2. The Bertz CT molecular complexity index is 472. The van der Waals surface area contributed by atoms with Gasteiger partial charge in [0, 0.05) is 5.39 Å². The van der Waals surface area contributed by atoms with E-state index < -0.39 is 0 Å². The fourth-order valence-electron chi connectivity index (χ4n) is 1.86. The fourth-order valence-corrected chi connectivity index (χ4v) is 1.86. The lowest BCUT2D eigenvalue weighted by Crippen LogP contribution is -1.88. The smallest absolute Gasteiger partial charge is 0.126 e. The molecule has 72 valence electrons. The number of hydrogen-bond acceptors (Lipinski definition) is 1. The molecule has 0 bridgehead atoms. The highest BCUT2D eigenvalue weighted by Gasteiger charge is 2.06. The lowest BCUT2D eigenvalue weighted by molar-refractivity contribution is 0.476. The molecule has 0 fully saturated rings. The molecule has 0 aliphatic carbocycles. The van der Waals surface area contributed by atoms with E-state index in [0.29, 0.717) is 5.75 Å². The number of aryl methyl sites for hydroxylation is 1. The Morgan fingerprint density at radius 2 is 1.93 bits per heavy atom. The maximum absolute atomic E-state index is 9.97. The summed E-state index contributed by atoms with van der Waals surface area (Å²) in [6.07, 6.45) is 0.963. The minimum absolute atomic E-state index is 0.431. The minimum Gasteiger partial charge on any atom is -0.507 e. The van der Waals surface area contributed by atoms with Gasteiger partial charge in [-0.15, -0.1) is 0 Å². The van der Waals surface area contributed by atoms with Crippen molar-refractivity contribution in [2.24, 2.45) is 0 Å². The van der Waals surface area contributed by atoms with Crippen LogP contribution in [0.4, 0.5) is 0 Å². The Labute approximate surface area is 84.0 Å². The van der Waals surface area contributed by atoms with Crippen molar-refractivity contribution in [3.8, 4) is 5.75 Å². The Hall–Kier alpha value is -1.50. The molecule has 0 unspecified atom stereocenters. The van der Waals surface area contributed by atoms with Gasteiger partial charge in [0.25, 0.3) is 0 Å². The van der Waals surface area contributed by atoms with Gasteiger partial charge >= 0.3 is 0 Å². The summed E-state index contributed by atoms with van der Waals surface area (Å²) in [6, 6.07) is 10.1. The average Bonchev–Trinajstić information content (AvgIpc) is 2.23. The largest absolute Gasteiger partial charge is 0.507 e. The van der Waals surface area contributed by atoms with E-state index in [2.05, 4.69) is 13.0 Å². The summed E-state index contributed by atoms with van der Waals surface area (Å²) >= 11 is 0. The molecule has 0 aliphatic rings. The number of rotatable bonds is 1. The quantitative estimate of drug-likeness (QED) is 0.723. The van der Waals surface area contributed by atoms with Gasteiger partial charge in [0.15, 0.2) is 0 Å². The Balaban J connectivity index is 2.85. The van der Waals surface area contributed by atoms with Crippen molar-refractivity contribution < 1.29 is 5.11 Å². The number of aromatic hydroxyl groups is 1. The van der Waals surface area contributed by atoms with Crippen LogP contribution >= 0.6 is 0 Å². The van der Waals surface area contributed by atoms with Crippen molar-refractivity contribution in [3.63, 3.8) is 0 Å². The Morgan fingerprint density at radius 3 is 2.64 bits per heavy atom. The minimum atomic E-state index is 0.431. The monoisotopic (exact) mass is 186 g/mol. The Kier molecular flexibility index (Phi) is 2.16. The number of fused-ring (bicyclic) bond motifs is 1. The molecular weight excluding hydrogens is 172 g/mol. The van der Waals surface area contributed by atoms with Crippen molar-refractivity contribution in [1.82, 2.24) is 0 Å². The zero-order chi connectivity index (χ0) is 10.1. The maximum Gasteiger partial charge on any atom is 0.126 e. The van der Waals surface area contributed by atoms with Crippen LogP contribution in [0.1, 0.15) is 18.1 Å². The molecule has 1 nitrogen and oxygen atoms in total. The topological polar surface area (TPSA) is 20.2 Å². The van der Waals surface area contributed by atoms with Crippen molar-refractivity contribution in [2.45, 2.75) is 20.3 Å². The molecule has 0 spiro atoms. The van der Waals surface area contributed by atoms with Crippen LogP contribution in [0.25, 0.3) is 10.8 Å². The highest BCUT2D eigenvalue weighted by Crippen LogP contribution is 2.31. The summed E-state index contributed by atoms with van der Waals surface area (Å²) in [5.74, 6) is 0.431. The van der Waals surface area contributed by atoms with Gasteiger partial charge in [-0.3, -0.25) is 0 Å². The first-order valence-electron chi connectivity index (χ1n) is 4.94. The molecule has 1 heteroatoms. The van der Waals surface area contributed by atoms with E-state index in [-0.39, 0.29) is 0 Å². The van der Waals surface area contributed by atoms with Crippen molar-refractivity contribution in [1.29, 1.82) is 0 Å². The number of phenols is 1. The summed E-state index contributed by atoms with van der Waals surface area (Å²) in [7, 11) is 0. The molecule has 0 atom stereocenters. The number of phenolic OH excluding ortho intramolecular Hbond substituents is 1. The second kappa shape index (κ2) is 3.33. The van der Waals surface area contributed by atoms with Gasteiger partial charge in [0.2, 0.25) is 0 Å². The molecule has 0 saturated carbocycles. The van der Waals surface area contributed by atoms with E-state index in [0.717, 1.165) is 22.8 Å². The predicted molar refractivity (Wildman–Crippen MR) is 59.7 cm³/mol. The molecule has 2 aromatic rings. The van der Waals surface area contributed by atoms with Gasteiger partial charge in [0.05, 0.1) is 0 Å².